The molecule has 2 atom stereocenters. The van der Waals surface area contributed by atoms with Gasteiger partial charge in [-0.25, -0.2) is 4.79 Å². The number of nitrogens with zero attached hydrogens (tertiary/aromatic N) is 1. The normalized spacial score (nSPS) is 20.7. The summed E-state index contributed by atoms with van der Waals surface area (Å²) in [7, 11) is 0. The van der Waals surface area contributed by atoms with E-state index in [-0.39, 0.29) is 6.04 Å². The van der Waals surface area contributed by atoms with Crippen molar-refractivity contribution in [3.8, 4) is 0 Å². The Balaban J connectivity index is 2.37. The summed E-state index contributed by atoms with van der Waals surface area (Å²) in [5.74, 6) is 0. The molecule has 1 fully saturated rings. The Bertz CT molecular complexity index is 431. The first kappa shape index (κ1) is 24.2. The van der Waals surface area contributed by atoms with Crippen LogP contribution in [-0.2, 0) is 9.47 Å². The molecule has 5 heteroatoms. The number of rotatable bonds is 11. The minimum absolute atomic E-state index is 0.344. The third-order valence-corrected chi connectivity index (χ3v) is 5.16. The minimum atomic E-state index is -0.757. The van der Waals surface area contributed by atoms with E-state index in [1.807, 2.05) is 34.6 Å². The Kier molecular flexibility index (Phi) is 10.1. The minimum Gasteiger partial charge on any atom is -0.444 e. The van der Waals surface area contributed by atoms with Crippen LogP contribution < -0.4 is 0 Å². The van der Waals surface area contributed by atoms with Crippen molar-refractivity contribution in [3.63, 3.8) is 0 Å². The standard InChI is InChI=1S/C22H43NO4/c1-7-8-9-10-11-12-13-14-15-16-19(24)18-17-26-22(5,6)23(18)20(25)27-21(2,3)4/h18-19,24H,7-17H2,1-6H3/t18-,19+/m0/s1. The first-order valence-corrected chi connectivity index (χ1v) is 10.9. The summed E-state index contributed by atoms with van der Waals surface area (Å²) in [6.45, 7) is 11.8. The smallest absolute Gasteiger partial charge is 0.412 e. The van der Waals surface area contributed by atoms with Crippen LogP contribution in [0, 0.1) is 0 Å². The van der Waals surface area contributed by atoms with Gasteiger partial charge in [0.05, 0.1) is 18.8 Å². The number of amides is 1. The molecule has 0 aliphatic carbocycles. The Hall–Kier alpha value is -0.810. The summed E-state index contributed by atoms with van der Waals surface area (Å²) < 4.78 is 11.3. The molecule has 0 aromatic heterocycles. The third kappa shape index (κ3) is 8.82. The van der Waals surface area contributed by atoms with Crippen LogP contribution >= 0.6 is 0 Å². The van der Waals surface area contributed by atoms with E-state index in [9.17, 15) is 9.90 Å². The van der Waals surface area contributed by atoms with Crippen LogP contribution in [0.4, 0.5) is 4.79 Å². The number of aliphatic hydroxyl groups excluding tert-OH is 1. The number of unbranched alkanes of at least 4 members (excludes halogenated alkanes) is 8. The zero-order chi connectivity index (χ0) is 20.5. The van der Waals surface area contributed by atoms with Gasteiger partial charge in [-0.3, -0.25) is 4.90 Å². The summed E-state index contributed by atoms with van der Waals surface area (Å²) in [6, 6.07) is -0.344. The molecule has 27 heavy (non-hydrogen) atoms. The predicted octanol–water partition coefficient (Wildman–Crippen LogP) is 5.64. The second-order valence-corrected chi connectivity index (χ2v) is 9.36. The summed E-state index contributed by atoms with van der Waals surface area (Å²) in [5, 5.41) is 10.7. The monoisotopic (exact) mass is 385 g/mol. The molecule has 1 N–H and O–H groups in total. The lowest BCUT2D eigenvalue weighted by atomic mass is 10.0. The van der Waals surface area contributed by atoms with Crippen molar-refractivity contribution in [3.05, 3.63) is 0 Å². The van der Waals surface area contributed by atoms with Crippen molar-refractivity contribution < 1.29 is 19.4 Å². The molecule has 0 unspecified atom stereocenters. The summed E-state index contributed by atoms with van der Waals surface area (Å²) in [4.78, 5) is 14.2. The van der Waals surface area contributed by atoms with E-state index >= 15 is 0 Å². The average molecular weight is 386 g/mol. The fraction of sp³-hybridized carbons (Fsp3) is 0.955. The van der Waals surface area contributed by atoms with Crippen molar-refractivity contribution in [2.24, 2.45) is 0 Å². The molecule has 5 nitrogen and oxygen atoms in total. The van der Waals surface area contributed by atoms with Gasteiger partial charge in [-0.15, -0.1) is 0 Å². The molecule has 1 aliphatic heterocycles. The second kappa shape index (κ2) is 11.3. The molecule has 1 aliphatic rings. The van der Waals surface area contributed by atoms with E-state index in [0.29, 0.717) is 13.0 Å². The van der Waals surface area contributed by atoms with Crippen LogP contribution in [-0.4, -0.2) is 46.2 Å². The topological polar surface area (TPSA) is 59.0 Å². The molecule has 1 rings (SSSR count). The lowest BCUT2D eigenvalue weighted by molar-refractivity contribution is -0.0681. The maximum Gasteiger partial charge on any atom is 0.412 e. The van der Waals surface area contributed by atoms with Gasteiger partial charge in [-0.2, -0.15) is 0 Å². The molecule has 0 spiro atoms. The van der Waals surface area contributed by atoms with Gasteiger partial charge in [0.25, 0.3) is 0 Å². The highest BCUT2D eigenvalue weighted by atomic mass is 16.6. The van der Waals surface area contributed by atoms with Crippen LogP contribution in [0.25, 0.3) is 0 Å². The lowest BCUT2D eigenvalue weighted by Gasteiger charge is -2.36. The Morgan fingerprint density at radius 2 is 1.63 bits per heavy atom. The lowest BCUT2D eigenvalue weighted by Crippen LogP contribution is -2.53. The third-order valence-electron chi connectivity index (χ3n) is 5.16. The number of aliphatic hydroxyl groups is 1. The van der Waals surface area contributed by atoms with E-state index in [1.54, 1.807) is 4.90 Å². The van der Waals surface area contributed by atoms with Crippen molar-refractivity contribution >= 4 is 6.09 Å². The Morgan fingerprint density at radius 3 is 2.15 bits per heavy atom. The molecular weight excluding hydrogens is 342 g/mol. The summed E-state index contributed by atoms with van der Waals surface area (Å²) in [6.07, 6.45) is 11.0. The van der Waals surface area contributed by atoms with Crippen molar-refractivity contribution in [1.29, 1.82) is 0 Å². The maximum atomic E-state index is 12.6. The van der Waals surface area contributed by atoms with Gasteiger partial charge < -0.3 is 14.6 Å². The number of ether oxygens (including phenoxy) is 2. The molecule has 0 radical (unpaired) electrons. The van der Waals surface area contributed by atoms with E-state index in [2.05, 4.69) is 6.92 Å². The van der Waals surface area contributed by atoms with Crippen molar-refractivity contribution in [2.45, 2.75) is 129 Å². The zero-order valence-electron chi connectivity index (χ0n) is 18.6. The highest BCUT2D eigenvalue weighted by Crippen LogP contribution is 2.32. The van der Waals surface area contributed by atoms with Crippen LogP contribution in [0.5, 0.6) is 0 Å². The average Bonchev–Trinajstić information content (AvgIpc) is 2.87. The number of carbonyl (C=O) groups is 1. The largest absolute Gasteiger partial charge is 0.444 e. The molecule has 1 saturated heterocycles. The molecule has 0 bridgehead atoms. The quantitative estimate of drug-likeness (QED) is 0.468. The molecule has 0 saturated carbocycles. The maximum absolute atomic E-state index is 12.6. The van der Waals surface area contributed by atoms with Gasteiger partial charge in [0.1, 0.15) is 11.3 Å². The van der Waals surface area contributed by atoms with Crippen LogP contribution in [0.3, 0.4) is 0 Å². The molecule has 0 aromatic carbocycles. The molecule has 1 heterocycles. The van der Waals surface area contributed by atoms with Gasteiger partial charge in [0, 0.05) is 0 Å². The van der Waals surface area contributed by atoms with E-state index in [1.165, 1.54) is 44.9 Å². The molecule has 160 valence electrons. The first-order chi connectivity index (χ1) is 12.6. The van der Waals surface area contributed by atoms with Crippen LogP contribution in [0.1, 0.15) is 106 Å². The fourth-order valence-electron chi connectivity index (χ4n) is 3.64. The number of carbonyl (C=O) groups excluding carboxylic acids is 1. The first-order valence-electron chi connectivity index (χ1n) is 10.9. The van der Waals surface area contributed by atoms with Crippen molar-refractivity contribution in [1.82, 2.24) is 4.90 Å². The van der Waals surface area contributed by atoms with E-state index < -0.39 is 23.5 Å². The van der Waals surface area contributed by atoms with E-state index in [0.717, 1.165) is 12.8 Å². The fourth-order valence-corrected chi connectivity index (χ4v) is 3.64. The van der Waals surface area contributed by atoms with Gasteiger partial charge in [-0.05, 0) is 41.0 Å². The summed E-state index contributed by atoms with van der Waals surface area (Å²) in [5.41, 5.74) is -1.32. The van der Waals surface area contributed by atoms with Crippen LogP contribution in [0.15, 0.2) is 0 Å². The van der Waals surface area contributed by atoms with Gasteiger partial charge >= 0.3 is 6.09 Å². The van der Waals surface area contributed by atoms with Crippen molar-refractivity contribution in [2.75, 3.05) is 6.61 Å². The highest BCUT2D eigenvalue weighted by Gasteiger charge is 2.48. The predicted molar refractivity (Wildman–Crippen MR) is 110 cm³/mol. The number of hydrogen-bond acceptors (Lipinski definition) is 4. The SMILES string of the molecule is CCCCCCCCCCC[C@@H](O)[C@@H]1COC(C)(C)N1C(=O)OC(C)(C)C. The summed E-state index contributed by atoms with van der Waals surface area (Å²) >= 11 is 0. The Labute approximate surface area is 166 Å². The molecule has 0 aromatic rings. The zero-order valence-corrected chi connectivity index (χ0v) is 18.6. The molecular formula is C22H43NO4. The van der Waals surface area contributed by atoms with Crippen LogP contribution in [0.2, 0.25) is 0 Å². The second-order valence-electron chi connectivity index (χ2n) is 9.36. The van der Waals surface area contributed by atoms with Gasteiger partial charge in [0.2, 0.25) is 0 Å². The highest BCUT2D eigenvalue weighted by molar-refractivity contribution is 5.69. The van der Waals surface area contributed by atoms with E-state index in [4.69, 9.17) is 9.47 Å². The number of hydrogen-bond donors (Lipinski definition) is 1. The Morgan fingerprint density at radius 1 is 1.11 bits per heavy atom. The molecule has 1 amide bonds. The van der Waals surface area contributed by atoms with Gasteiger partial charge in [-0.1, -0.05) is 64.7 Å². The van der Waals surface area contributed by atoms with Gasteiger partial charge in [0.15, 0.2) is 0 Å².